The number of pyridine rings is 1. The number of carbonyl (C=O) groups excluding carboxylic acids is 1. The average Bonchev–Trinajstić information content (AvgIpc) is 3.16. The largest absolute Gasteiger partial charge is 0.307 e. The maximum atomic E-state index is 12.3. The van der Waals surface area contributed by atoms with Gasteiger partial charge in [-0.2, -0.15) is 0 Å². The van der Waals surface area contributed by atoms with Crippen LogP contribution in [0.25, 0.3) is 0 Å². The van der Waals surface area contributed by atoms with E-state index in [0.29, 0.717) is 24.3 Å². The summed E-state index contributed by atoms with van der Waals surface area (Å²) in [7, 11) is -3.60. The van der Waals surface area contributed by atoms with Gasteiger partial charge in [0.2, 0.25) is 10.0 Å². The minimum atomic E-state index is -3.60. The minimum Gasteiger partial charge on any atom is -0.307 e. The second-order valence-corrected chi connectivity index (χ2v) is 8.22. The molecule has 0 atom stereocenters. The van der Waals surface area contributed by atoms with Crippen molar-refractivity contribution in [2.75, 3.05) is 11.9 Å². The van der Waals surface area contributed by atoms with Crippen molar-refractivity contribution in [3.8, 4) is 0 Å². The molecule has 26 heavy (non-hydrogen) atoms. The van der Waals surface area contributed by atoms with Gasteiger partial charge < -0.3 is 5.32 Å². The number of hydrogen-bond donors (Lipinski definition) is 2. The number of aromatic nitrogens is 1. The molecular formula is C18H17N3O3S2. The van der Waals surface area contributed by atoms with Crippen LogP contribution in [0.1, 0.15) is 15.2 Å². The molecule has 0 fully saturated rings. The van der Waals surface area contributed by atoms with Crippen molar-refractivity contribution < 1.29 is 13.2 Å². The van der Waals surface area contributed by atoms with E-state index < -0.39 is 10.0 Å². The predicted octanol–water partition coefficient (Wildman–Crippen LogP) is 2.92. The highest BCUT2D eigenvalue weighted by Gasteiger charge is 2.15. The molecule has 1 aromatic carbocycles. The molecular weight excluding hydrogens is 370 g/mol. The minimum absolute atomic E-state index is 0.123. The van der Waals surface area contributed by atoms with E-state index in [-0.39, 0.29) is 10.8 Å². The van der Waals surface area contributed by atoms with Crippen molar-refractivity contribution >= 4 is 33.1 Å². The predicted molar refractivity (Wildman–Crippen MR) is 102 cm³/mol. The Morgan fingerprint density at radius 2 is 1.85 bits per heavy atom. The van der Waals surface area contributed by atoms with Crippen molar-refractivity contribution in [1.29, 1.82) is 0 Å². The van der Waals surface area contributed by atoms with E-state index in [1.165, 1.54) is 24.3 Å². The Kier molecular flexibility index (Phi) is 5.77. The van der Waals surface area contributed by atoms with Gasteiger partial charge in [-0.1, -0.05) is 12.1 Å². The molecule has 0 aliphatic carbocycles. The number of nitrogens with one attached hydrogen (secondary N) is 2. The van der Waals surface area contributed by atoms with Crippen LogP contribution in [-0.2, 0) is 16.4 Å². The number of amides is 1. The molecule has 0 bridgehead atoms. The van der Waals surface area contributed by atoms with Crippen LogP contribution in [0.2, 0.25) is 0 Å². The van der Waals surface area contributed by atoms with Gasteiger partial charge in [-0.25, -0.2) is 18.1 Å². The number of thiophene rings is 1. The normalized spacial score (nSPS) is 11.2. The highest BCUT2D eigenvalue weighted by molar-refractivity contribution is 7.89. The zero-order valence-corrected chi connectivity index (χ0v) is 15.4. The number of sulfonamides is 1. The fourth-order valence-corrected chi connectivity index (χ4v) is 4.00. The fraction of sp³-hybridized carbons (Fsp3) is 0.111. The first kappa shape index (κ1) is 18.2. The number of nitrogens with zero attached hydrogens (tertiary/aromatic N) is 1. The van der Waals surface area contributed by atoms with Gasteiger partial charge in [-0.05, 0) is 54.3 Å². The molecule has 0 spiro atoms. The van der Waals surface area contributed by atoms with E-state index in [1.807, 2.05) is 17.5 Å². The summed E-state index contributed by atoms with van der Waals surface area (Å²) < 4.78 is 27.2. The first-order valence-electron chi connectivity index (χ1n) is 7.89. The Morgan fingerprint density at radius 3 is 2.50 bits per heavy atom. The third-order valence-electron chi connectivity index (χ3n) is 3.58. The van der Waals surface area contributed by atoms with Crippen LogP contribution in [-0.4, -0.2) is 25.9 Å². The van der Waals surface area contributed by atoms with Crippen LogP contribution in [0.15, 0.2) is 71.1 Å². The Labute approximate surface area is 156 Å². The number of benzene rings is 1. The van der Waals surface area contributed by atoms with Crippen LogP contribution in [0.5, 0.6) is 0 Å². The third-order valence-corrected chi connectivity index (χ3v) is 5.99. The second-order valence-electron chi connectivity index (χ2n) is 5.42. The van der Waals surface area contributed by atoms with Crippen LogP contribution >= 0.6 is 11.3 Å². The molecule has 0 aliphatic rings. The van der Waals surface area contributed by atoms with Crippen LogP contribution in [0.3, 0.4) is 0 Å². The molecule has 134 valence electrons. The summed E-state index contributed by atoms with van der Waals surface area (Å²) in [5.41, 5.74) is 0.355. The van der Waals surface area contributed by atoms with E-state index >= 15 is 0 Å². The molecule has 1 amide bonds. The zero-order valence-electron chi connectivity index (χ0n) is 13.8. The number of rotatable bonds is 7. The van der Waals surface area contributed by atoms with Crippen molar-refractivity contribution in [2.24, 2.45) is 0 Å². The maximum absolute atomic E-state index is 12.3. The summed E-state index contributed by atoms with van der Waals surface area (Å²) in [6, 6.07) is 14.9. The van der Waals surface area contributed by atoms with Crippen LogP contribution < -0.4 is 10.0 Å². The van der Waals surface area contributed by atoms with Gasteiger partial charge in [0, 0.05) is 23.2 Å². The molecule has 0 aliphatic heterocycles. The lowest BCUT2D eigenvalue weighted by atomic mass is 10.2. The molecule has 3 rings (SSSR count). The lowest BCUT2D eigenvalue weighted by molar-refractivity contribution is 0.102. The highest BCUT2D eigenvalue weighted by Crippen LogP contribution is 2.13. The average molecular weight is 387 g/mol. The van der Waals surface area contributed by atoms with E-state index in [1.54, 1.807) is 35.7 Å². The fourth-order valence-electron chi connectivity index (χ4n) is 2.26. The molecule has 6 nitrogen and oxygen atoms in total. The lowest BCUT2D eigenvalue weighted by Gasteiger charge is -2.08. The van der Waals surface area contributed by atoms with Gasteiger partial charge in [-0.15, -0.1) is 11.3 Å². The molecule has 2 aromatic heterocycles. The van der Waals surface area contributed by atoms with Crippen molar-refractivity contribution in [2.45, 2.75) is 11.3 Å². The Bertz CT molecular complexity index is 955. The molecule has 2 N–H and O–H groups in total. The standard InChI is InChI=1S/C18H17N3O3S2/c22-18(21-17-5-1-2-11-19-17)14-6-8-16(9-7-14)26(23,24)20-12-10-15-4-3-13-25-15/h1-9,11,13,20H,10,12H2,(H,19,21,22). The zero-order chi connectivity index (χ0) is 18.4. The van der Waals surface area contributed by atoms with Gasteiger partial charge >= 0.3 is 0 Å². The SMILES string of the molecule is O=C(Nc1ccccn1)c1ccc(S(=O)(=O)NCCc2cccs2)cc1. The Hall–Kier alpha value is -2.55. The molecule has 0 unspecified atom stereocenters. The smallest absolute Gasteiger partial charge is 0.256 e. The van der Waals surface area contributed by atoms with E-state index in [4.69, 9.17) is 0 Å². The Morgan fingerprint density at radius 1 is 1.04 bits per heavy atom. The number of hydrogen-bond acceptors (Lipinski definition) is 5. The Balaban J connectivity index is 1.61. The van der Waals surface area contributed by atoms with Gasteiger partial charge in [0.15, 0.2) is 0 Å². The first-order chi connectivity index (χ1) is 12.5. The van der Waals surface area contributed by atoms with Crippen molar-refractivity contribution in [3.63, 3.8) is 0 Å². The molecule has 8 heteroatoms. The summed E-state index contributed by atoms with van der Waals surface area (Å²) >= 11 is 1.59. The summed E-state index contributed by atoms with van der Waals surface area (Å²) in [4.78, 5) is 17.4. The molecule has 0 saturated heterocycles. The first-order valence-corrected chi connectivity index (χ1v) is 10.3. The lowest BCUT2D eigenvalue weighted by Crippen LogP contribution is -2.26. The molecule has 3 aromatic rings. The molecule has 0 radical (unpaired) electrons. The van der Waals surface area contributed by atoms with Gasteiger partial charge in [-0.3, -0.25) is 4.79 Å². The van der Waals surface area contributed by atoms with E-state index in [2.05, 4.69) is 15.0 Å². The monoisotopic (exact) mass is 387 g/mol. The van der Waals surface area contributed by atoms with Crippen molar-refractivity contribution in [1.82, 2.24) is 9.71 Å². The maximum Gasteiger partial charge on any atom is 0.256 e. The van der Waals surface area contributed by atoms with Gasteiger partial charge in [0.1, 0.15) is 5.82 Å². The quantitative estimate of drug-likeness (QED) is 0.652. The summed E-state index contributed by atoms with van der Waals surface area (Å²) in [6.07, 6.45) is 2.22. The second kappa shape index (κ2) is 8.22. The van der Waals surface area contributed by atoms with Crippen LogP contribution in [0, 0.1) is 0 Å². The topological polar surface area (TPSA) is 88.2 Å². The van der Waals surface area contributed by atoms with Gasteiger partial charge in [0.25, 0.3) is 5.91 Å². The summed E-state index contributed by atoms with van der Waals surface area (Å²) in [5.74, 6) is 0.0859. The summed E-state index contributed by atoms with van der Waals surface area (Å²) in [6.45, 7) is 0.324. The summed E-state index contributed by atoms with van der Waals surface area (Å²) in [5, 5.41) is 4.61. The highest BCUT2D eigenvalue weighted by atomic mass is 32.2. The van der Waals surface area contributed by atoms with E-state index in [9.17, 15) is 13.2 Å². The number of anilines is 1. The third kappa shape index (κ3) is 4.75. The van der Waals surface area contributed by atoms with Gasteiger partial charge in [0.05, 0.1) is 4.90 Å². The molecule has 0 saturated carbocycles. The van der Waals surface area contributed by atoms with E-state index in [0.717, 1.165) is 4.88 Å². The van der Waals surface area contributed by atoms with Crippen LogP contribution in [0.4, 0.5) is 5.82 Å². The number of carbonyl (C=O) groups is 1. The van der Waals surface area contributed by atoms with Crippen molar-refractivity contribution in [3.05, 3.63) is 76.6 Å². The molecule has 2 heterocycles.